The molecule has 1 heterocycles. The monoisotopic (exact) mass is 339 g/mol. The van der Waals surface area contributed by atoms with E-state index in [9.17, 15) is 9.90 Å². The predicted octanol–water partition coefficient (Wildman–Crippen LogP) is 1.71. The van der Waals surface area contributed by atoms with Gasteiger partial charge in [0.15, 0.2) is 0 Å². The molecule has 1 aliphatic carbocycles. The van der Waals surface area contributed by atoms with E-state index in [-0.39, 0.29) is 24.5 Å². The number of aliphatic hydroxyl groups excluding tert-OH is 1. The van der Waals surface area contributed by atoms with Gasteiger partial charge in [0.05, 0.1) is 6.10 Å². The van der Waals surface area contributed by atoms with Crippen molar-refractivity contribution in [2.75, 3.05) is 32.7 Å². The molecule has 1 atom stereocenters. The van der Waals surface area contributed by atoms with Gasteiger partial charge < -0.3 is 15.3 Å². The Morgan fingerprint density at radius 3 is 2.43 bits per heavy atom. The second kappa shape index (κ2) is 8.52. The minimum absolute atomic E-state index is 0. The Balaban J connectivity index is 0.00000192. The zero-order valence-corrected chi connectivity index (χ0v) is 14.2. The number of β-amino-alcohol motifs (C(OH)–C–C–N with tert-alkyl or cyclic N) is 1. The Morgan fingerprint density at radius 2 is 1.83 bits per heavy atom. The number of benzene rings is 1. The van der Waals surface area contributed by atoms with Gasteiger partial charge in [-0.3, -0.25) is 4.90 Å². The Hall–Kier alpha value is -1.30. The van der Waals surface area contributed by atoms with Gasteiger partial charge in [-0.2, -0.15) is 0 Å². The van der Waals surface area contributed by atoms with Gasteiger partial charge in [0, 0.05) is 39.3 Å². The van der Waals surface area contributed by atoms with E-state index >= 15 is 0 Å². The number of nitrogens with one attached hydrogen (secondary N) is 1. The number of rotatable bonds is 5. The van der Waals surface area contributed by atoms with Crippen LogP contribution in [0.3, 0.4) is 0 Å². The smallest absolute Gasteiger partial charge is 0.317 e. The van der Waals surface area contributed by atoms with Crippen LogP contribution in [0.2, 0.25) is 0 Å². The van der Waals surface area contributed by atoms with Crippen LogP contribution in [0.25, 0.3) is 0 Å². The first-order valence-electron chi connectivity index (χ1n) is 8.19. The minimum Gasteiger partial charge on any atom is -0.392 e. The highest BCUT2D eigenvalue weighted by atomic mass is 35.5. The fourth-order valence-electron chi connectivity index (χ4n) is 2.91. The molecule has 0 radical (unpaired) electrons. The van der Waals surface area contributed by atoms with Gasteiger partial charge in [0.25, 0.3) is 0 Å². The molecule has 1 aromatic carbocycles. The summed E-state index contributed by atoms with van der Waals surface area (Å²) in [4.78, 5) is 16.3. The molecule has 1 saturated carbocycles. The highest BCUT2D eigenvalue weighted by Gasteiger charge is 2.31. The van der Waals surface area contributed by atoms with Crippen LogP contribution in [0.1, 0.15) is 18.4 Å². The van der Waals surface area contributed by atoms with E-state index in [0.717, 1.165) is 38.3 Å². The van der Waals surface area contributed by atoms with Gasteiger partial charge in [0.2, 0.25) is 0 Å². The summed E-state index contributed by atoms with van der Waals surface area (Å²) in [5.41, 5.74) is 1.11. The number of urea groups is 1. The standard InChI is InChI=1S/C17H25N3O2.ClH/c21-16(15-6-7-15)13-19-8-10-20(11-9-19)17(22)18-12-14-4-2-1-3-5-14;/h1-5,15-16,21H,6-13H2,(H,18,22);1H. The Kier molecular flexibility index (Phi) is 6.69. The van der Waals surface area contributed by atoms with Crippen molar-refractivity contribution in [3.63, 3.8) is 0 Å². The van der Waals surface area contributed by atoms with E-state index < -0.39 is 0 Å². The lowest BCUT2D eigenvalue weighted by atomic mass is 10.2. The molecule has 23 heavy (non-hydrogen) atoms. The average molecular weight is 340 g/mol. The van der Waals surface area contributed by atoms with Crippen molar-refractivity contribution in [3.05, 3.63) is 35.9 Å². The first-order valence-corrected chi connectivity index (χ1v) is 8.19. The Morgan fingerprint density at radius 1 is 1.17 bits per heavy atom. The topological polar surface area (TPSA) is 55.8 Å². The maximum Gasteiger partial charge on any atom is 0.317 e. The first-order chi connectivity index (χ1) is 10.7. The van der Waals surface area contributed by atoms with E-state index in [1.165, 1.54) is 12.8 Å². The van der Waals surface area contributed by atoms with E-state index in [4.69, 9.17) is 0 Å². The van der Waals surface area contributed by atoms with Crippen molar-refractivity contribution in [2.24, 2.45) is 5.92 Å². The zero-order chi connectivity index (χ0) is 15.4. The molecule has 6 heteroatoms. The lowest BCUT2D eigenvalue weighted by Gasteiger charge is -2.35. The fraction of sp³-hybridized carbons (Fsp3) is 0.588. The van der Waals surface area contributed by atoms with Crippen molar-refractivity contribution in [3.8, 4) is 0 Å². The van der Waals surface area contributed by atoms with Crippen LogP contribution in [0.15, 0.2) is 30.3 Å². The number of carbonyl (C=O) groups is 1. The first kappa shape index (κ1) is 18.0. The normalized spacial score (nSPS) is 19.8. The lowest BCUT2D eigenvalue weighted by Crippen LogP contribution is -2.53. The molecule has 1 saturated heterocycles. The number of hydrogen-bond acceptors (Lipinski definition) is 3. The average Bonchev–Trinajstić information content (AvgIpc) is 3.39. The van der Waals surface area contributed by atoms with Crippen molar-refractivity contribution in [2.45, 2.75) is 25.5 Å². The van der Waals surface area contributed by atoms with Crippen molar-refractivity contribution in [1.29, 1.82) is 0 Å². The highest BCUT2D eigenvalue weighted by molar-refractivity contribution is 5.85. The van der Waals surface area contributed by atoms with Gasteiger partial charge in [-0.25, -0.2) is 4.79 Å². The molecule has 2 aliphatic rings. The zero-order valence-electron chi connectivity index (χ0n) is 13.4. The third-order valence-electron chi connectivity index (χ3n) is 4.56. The molecule has 1 aromatic rings. The van der Waals surface area contributed by atoms with E-state index in [1.807, 2.05) is 35.2 Å². The maximum atomic E-state index is 12.2. The third kappa shape index (κ3) is 5.37. The Bertz CT molecular complexity index is 488. The highest BCUT2D eigenvalue weighted by Crippen LogP contribution is 2.32. The van der Waals surface area contributed by atoms with Crippen LogP contribution in [0, 0.1) is 5.92 Å². The number of amides is 2. The van der Waals surface area contributed by atoms with Crippen LogP contribution in [-0.2, 0) is 6.54 Å². The summed E-state index contributed by atoms with van der Waals surface area (Å²) in [7, 11) is 0. The largest absolute Gasteiger partial charge is 0.392 e. The maximum absolute atomic E-state index is 12.2. The van der Waals surface area contributed by atoms with Crippen molar-refractivity contribution >= 4 is 18.4 Å². The Labute approximate surface area is 144 Å². The summed E-state index contributed by atoms with van der Waals surface area (Å²) in [6, 6.07) is 9.96. The molecule has 128 valence electrons. The molecule has 1 unspecified atom stereocenters. The molecule has 0 aromatic heterocycles. The summed E-state index contributed by atoms with van der Waals surface area (Å²) in [5, 5.41) is 13.0. The minimum atomic E-state index is -0.182. The summed E-state index contributed by atoms with van der Waals surface area (Å²) in [5.74, 6) is 0.521. The molecular formula is C17H26ClN3O2. The van der Waals surface area contributed by atoms with E-state index in [0.29, 0.717) is 12.5 Å². The molecule has 2 fully saturated rings. The van der Waals surface area contributed by atoms with Crippen LogP contribution in [0.5, 0.6) is 0 Å². The summed E-state index contributed by atoms with van der Waals surface area (Å²) in [6.07, 6.45) is 2.16. The van der Waals surface area contributed by atoms with Gasteiger partial charge in [-0.1, -0.05) is 30.3 Å². The van der Waals surface area contributed by atoms with Crippen molar-refractivity contribution < 1.29 is 9.90 Å². The second-order valence-electron chi connectivity index (χ2n) is 6.34. The van der Waals surface area contributed by atoms with E-state index in [1.54, 1.807) is 0 Å². The van der Waals surface area contributed by atoms with Crippen LogP contribution >= 0.6 is 12.4 Å². The SMILES string of the molecule is Cl.O=C(NCc1ccccc1)N1CCN(CC(O)C2CC2)CC1. The van der Waals surface area contributed by atoms with Gasteiger partial charge in [-0.15, -0.1) is 12.4 Å². The number of nitrogens with zero attached hydrogens (tertiary/aromatic N) is 2. The van der Waals surface area contributed by atoms with E-state index in [2.05, 4.69) is 10.2 Å². The number of carbonyl (C=O) groups excluding carboxylic acids is 1. The summed E-state index contributed by atoms with van der Waals surface area (Å²) >= 11 is 0. The molecule has 2 amide bonds. The second-order valence-corrected chi connectivity index (χ2v) is 6.34. The molecule has 2 N–H and O–H groups in total. The van der Waals surface area contributed by atoms with Crippen molar-refractivity contribution in [1.82, 2.24) is 15.1 Å². The summed E-state index contributed by atoms with van der Waals surface area (Å²) < 4.78 is 0. The molecule has 0 bridgehead atoms. The molecular weight excluding hydrogens is 314 g/mol. The fourth-order valence-corrected chi connectivity index (χ4v) is 2.91. The number of aliphatic hydroxyl groups is 1. The molecule has 3 rings (SSSR count). The number of piperazine rings is 1. The lowest BCUT2D eigenvalue weighted by molar-refractivity contribution is 0.0696. The van der Waals surface area contributed by atoms with Gasteiger partial charge in [0.1, 0.15) is 0 Å². The summed E-state index contributed by atoms with van der Waals surface area (Å²) in [6.45, 7) is 4.49. The molecule has 1 aliphatic heterocycles. The molecule has 5 nitrogen and oxygen atoms in total. The van der Waals surface area contributed by atoms with Crippen LogP contribution in [-0.4, -0.2) is 59.8 Å². The number of hydrogen-bond donors (Lipinski definition) is 2. The number of halogens is 1. The van der Waals surface area contributed by atoms with Gasteiger partial charge in [-0.05, 0) is 24.3 Å². The van der Waals surface area contributed by atoms with Gasteiger partial charge >= 0.3 is 6.03 Å². The third-order valence-corrected chi connectivity index (χ3v) is 4.56. The predicted molar refractivity (Wildman–Crippen MR) is 92.7 cm³/mol. The van der Waals surface area contributed by atoms with Crippen LogP contribution in [0.4, 0.5) is 4.79 Å². The van der Waals surface area contributed by atoms with Crippen LogP contribution < -0.4 is 5.32 Å². The molecule has 0 spiro atoms. The quantitative estimate of drug-likeness (QED) is 0.858.